The van der Waals surface area contributed by atoms with E-state index in [1.54, 1.807) is 0 Å². The number of benzene rings is 2. The van der Waals surface area contributed by atoms with Crippen LogP contribution in [0.1, 0.15) is 128 Å². The van der Waals surface area contributed by atoms with Gasteiger partial charge in [-0.1, -0.05) is 102 Å². The second-order valence-corrected chi connectivity index (χ2v) is 12.0. The summed E-state index contributed by atoms with van der Waals surface area (Å²) in [5.74, 6) is 3.20. The summed E-state index contributed by atoms with van der Waals surface area (Å²) < 4.78 is 5.78. The Morgan fingerprint density at radius 3 is 1.65 bits per heavy atom. The van der Waals surface area contributed by atoms with Crippen molar-refractivity contribution in [3.05, 3.63) is 54.1 Å². The fourth-order valence-electron chi connectivity index (χ4n) is 6.70. The Labute approximate surface area is 226 Å². The Morgan fingerprint density at radius 2 is 1.14 bits per heavy atom. The SMILES string of the molecule is CCCCCC1CCC(C(=O)Oc2ccc(-c3ccc(C4CCC(CCCCC)CC4)cc3)cc2)CC1. The summed E-state index contributed by atoms with van der Waals surface area (Å²) in [5.41, 5.74) is 3.91. The first-order valence-electron chi connectivity index (χ1n) is 15.6. The molecule has 0 amide bonds. The van der Waals surface area contributed by atoms with Crippen molar-refractivity contribution in [2.75, 3.05) is 0 Å². The average Bonchev–Trinajstić information content (AvgIpc) is 2.95. The van der Waals surface area contributed by atoms with Crippen LogP contribution in [-0.2, 0) is 4.79 Å². The van der Waals surface area contributed by atoms with E-state index >= 15 is 0 Å². The van der Waals surface area contributed by atoms with Gasteiger partial charge in [0, 0.05) is 0 Å². The van der Waals surface area contributed by atoms with E-state index in [1.807, 2.05) is 12.1 Å². The normalized spacial score (nSPS) is 24.1. The maximum Gasteiger partial charge on any atom is 0.314 e. The zero-order chi connectivity index (χ0) is 25.9. The number of hydrogen-bond acceptors (Lipinski definition) is 2. The first kappa shape index (κ1) is 27.9. The molecule has 0 heterocycles. The average molecular weight is 503 g/mol. The van der Waals surface area contributed by atoms with Crippen molar-refractivity contribution >= 4 is 5.97 Å². The molecule has 0 unspecified atom stereocenters. The Balaban J connectivity index is 1.22. The highest BCUT2D eigenvalue weighted by Gasteiger charge is 2.27. The highest BCUT2D eigenvalue weighted by molar-refractivity contribution is 5.75. The maximum atomic E-state index is 12.7. The van der Waals surface area contributed by atoms with Crippen LogP contribution >= 0.6 is 0 Å². The van der Waals surface area contributed by atoms with E-state index in [9.17, 15) is 4.79 Å². The smallest absolute Gasteiger partial charge is 0.314 e. The van der Waals surface area contributed by atoms with E-state index in [-0.39, 0.29) is 11.9 Å². The Hall–Kier alpha value is -2.09. The Morgan fingerprint density at radius 1 is 0.649 bits per heavy atom. The number of esters is 1. The molecule has 0 bridgehead atoms. The minimum atomic E-state index is -0.0378. The molecular formula is C35H50O2. The van der Waals surface area contributed by atoms with Crippen LogP contribution < -0.4 is 4.74 Å². The molecule has 2 fully saturated rings. The summed E-state index contributed by atoms with van der Waals surface area (Å²) in [7, 11) is 0. The molecule has 0 spiro atoms. The van der Waals surface area contributed by atoms with Crippen LogP contribution in [0.2, 0.25) is 0 Å². The predicted molar refractivity (Wildman–Crippen MR) is 156 cm³/mol. The van der Waals surface area contributed by atoms with Crippen molar-refractivity contribution < 1.29 is 9.53 Å². The fraction of sp³-hybridized carbons (Fsp3) is 0.629. The number of rotatable bonds is 12. The lowest BCUT2D eigenvalue weighted by Gasteiger charge is -2.29. The van der Waals surface area contributed by atoms with Crippen molar-refractivity contribution in [2.45, 2.75) is 122 Å². The van der Waals surface area contributed by atoms with Crippen LogP contribution in [0, 0.1) is 17.8 Å². The molecule has 0 aromatic heterocycles. The maximum absolute atomic E-state index is 12.7. The van der Waals surface area contributed by atoms with Gasteiger partial charge in [-0.05, 0) is 97.9 Å². The molecule has 202 valence electrons. The molecule has 0 radical (unpaired) electrons. The second kappa shape index (κ2) is 14.7. The molecule has 0 atom stereocenters. The lowest BCUT2D eigenvalue weighted by atomic mass is 9.77. The first-order chi connectivity index (χ1) is 18.2. The number of carbonyl (C=O) groups is 1. The Bertz CT molecular complexity index is 913. The molecule has 2 nitrogen and oxygen atoms in total. The summed E-state index contributed by atoms with van der Waals surface area (Å²) in [6.45, 7) is 4.56. The van der Waals surface area contributed by atoms with E-state index in [2.05, 4.69) is 50.2 Å². The van der Waals surface area contributed by atoms with Gasteiger partial charge in [0.15, 0.2) is 0 Å². The van der Waals surface area contributed by atoms with Crippen LogP contribution in [-0.4, -0.2) is 5.97 Å². The van der Waals surface area contributed by atoms with E-state index in [4.69, 9.17) is 4.74 Å². The molecule has 2 saturated carbocycles. The molecule has 0 N–H and O–H groups in total. The summed E-state index contributed by atoms with van der Waals surface area (Å²) in [4.78, 5) is 12.7. The molecule has 4 rings (SSSR count). The minimum absolute atomic E-state index is 0.0378. The lowest BCUT2D eigenvalue weighted by molar-refractivity contribution is -0.140. The highest BCUT2D eigenvalue weighted by atomic mass is 16.5. The zero-order valence-electron chi connectivity index (χ0n) is 23.6. The zero-order valence-corrected chi connectivity index (χ0v) is 23.6. The number of unbranched alkanes of at least 4 members (excludes halogenated alkanes) is 4. The van der Waals surface area contributed by atoms with Gasteiger partial charge in [0.2, 0.25) is 0 Å². The van der Waals surface area contributed by atoms with Gasteiger partial charge in [-0.2, -0.15) is 0 Å². The molecule has 2 heteroatoms. The van der Waals surface area contributed by atoms with Crippen molar-refractivity contribution in [3.63, 3.8) is 0 Å². The summed E-state index contributed by atoms with van der Waals surface area (Å²) in [6, 6.07) is 17.3. The Kier molecular flexibility index (Phi) is 11.1. The topological polar surface area (TPSA) is 26.3 Å². The summed E-state index contributed by atoms with van der Waals surface area (Å²) in [6.07, 6.45) is 20.7. The number of ether oxygens (including phenoxy) is 1. The predicted octanol–water partition coefficient (Wildman–Crippen LogP) is 10.5. The van der Waals surface area contributed by atoms with Crippen molar-refractivity contribution in [1.82, 2.24) is 0 Å². The summed E-state index contributed by atoms with van der Waals surface area (Å²) >= 11 is 0. The van der Waals surface area contributed by atoms with Gasteiger partial charge in [0.1, 0.15) is 5.75 Å². The van der Waals surface area contributed by atoms with Gasteiger partial charge in [-0.25, -0.2) is 0 Å². The molecule has 0 saturated heterocycles. The van der Waals surface area contributed by atoms with Gasteiger partial charge < -0.3 is 4.74 Å². The van der Waals surface area contributed by atoms with Crippen molar-refractivity contribution in [1.29, 1.82) is 0 Å². The highest BCUT2D eigenvalue weighted by Crippen LogP contribution is 2.38. The van der Waals surface area contributed by atoms with E-state index < -0.39 is 0 Å². The number of hydrogen-bond donors (Lipinski definition) is 0. The molecule has 2 aliphatic carbocycles. The van der Waals surface area contributed by atoms with E-state index in [1.165, 1.54) is 107 Å². The van der Waals surface area contributed by atoms with Crippen molar-refractivity contribution in [2.24, 2.45) is 17.8 Å². The third-order valence-electron chi connectivity index (χ3n) is 9.25. The van der Waals surface area contributed by atoms with Gasteiger partial charge in [-0.3, -0.25) is 4.79 Å². The molecule has 2 aromatic carbocycles. The summed E-state index contributed by atoms with van der Waals surface area (Å²) in [5, 5.41) is 0. The molecular weight excluding hydrogens is 452 g/mol. The molecule has 37 heavy (non-hydrogen) atoms. The molecule has 2 aliphatic rings. The van der Waals surface area contributed by atoms with E-state index in [0.717, 1.165) is 30.6 Å². The minimum Gasteiger partial charge on any atom is -0.426 e. The fourth-order valence-corrected chi connectivity index (χ4v) is 6.70. The van der Waals surface area contributed by atoms with Crippen LogP contribution in [0.25, 0.3) is 11.1 Å². The van der Waals surface area contributed by atoms with Crippen LogP contribution in [0.3, 0.4) is 0 Å². The van der Waals surface area contributed by atoms with Gasteiger partial charge in [0.05, 0.1) is 5.92 Å². The number of carbonyl (C=O) groups excluding carboxylic acids is 1. The standard InChI is InChI=1S/C35H50O2/c1-3-5-7-9-27-11-15-29(16-12-27)30-19-21-31(22-20-30)32-23-25-34(26-24-32)37-35(36)33-17-13-28(14-18-33)10-8-6-4-2/h19-29,33H,3-18H2,1-2H3. The van der Waals surface area contributed by atoms with Crippen molar-refractivity contribution in [3.8, 4) is 16.9 Å². The monoisotopic (exact) mass is 502 g/mol. The third kappa shape index (κ3) is 8.45. The largest absolute Gasteiger partial charge is 0.426 e. The van der Waals surface area contributed by atoms with Gasteiger partial charge in [0.25, 0.3) is 0 Å². The second-order valence-electron chi connectivity index (χ2n) is 12.0. The molecule has 0 aliphatic heterocycles. The quantitative estimate of drug-likeness (QED) is 0.164. The van der Waals surface area contributed by atoms with Gasteiger partial charge >= 0.3 is 5.97 Å². The van der Waals surface area contributed by atoms with E-state index in [0.29, 0.717) is 5.75 Å². The van der Waals surface area contributed by atoms with Crippen LogP contribution in [0.15, 0.2) is 48.5 Å². The van der Waals surface area contributed by atoms with Crippen LogP contribution in [0.5, 0.6) is 5.75 Å². The van der Waals surface area contributed by atoms with Gasteiger partial charge in [-0.15, -0.1) is 0 Å². The van der Waals surface area contributed by atoms with Crippen LogP contribution in [0.4, 0.5) is 0 Å². The third-order valence-corrected chi connectivity index (χ3v) is 9.25. The first-order valence-corrected chi connectivity index (χ1v) is 15.6. The molecule has 2 aromatic rings. The lowest BCUT2D eigenvalue weighted by Crippen LogP contribution is -2.25.